The summed E-state index contributed by atoms with van der Waals surface area (Å²) in [6.07, 6.45) is 8.26. The largest absolute Gasteiger partial charge is 0.456 e. The molecule has 2 aromatic rings. The van der Waals surface area contributed by atoms with Gasteiger partial charge in [0.1, 0.15) is 17.8 Å². The first-order valence-corrected chi connectivity index (χ1v) is 21.2. The summed E-state index contributed by atoms with van der Waals surface area (Å²) in [5.74, 6) is -2.81. The molecule has 0 radical (unpaired) electrons. The number of hydrogen-bond acceptors (Lipinski definition) is 13. The second kappa shape index (κ2) is 19.2. The van der Waals surface area contributed by atoms with E-state index in [2.05, 4.69) is 15.9 Å². The SMILES string of the molecule is C#C[C@]12OC(=O)N(CCCCn3cnc(-c4ccc(C)nc4)c3)[C@H]1[C@H](C)C(=O)[C@H](C)C[C@](C)(OC)[C@H](OC1O[C@H](C)C[C@H](N(C)C)[C@H]1O)[C@@H](C)C(=O)[C@@H](C)C(=O)O[C@H]2CC. The van der Waals surface area contributed by atoms with Crippen molar-refractivity contribution in [2.45, 2.75) is 148 Å². The average molecular weight is 836 g/mol. The number of ketones is 2. The normalized spacial score (nSPS) is 35.7. The van der Waals surface area contributed by atoms with Crippen LogP contribution in [0.5, 0.6) is 0 Å². The summed E-state index contributed by atoms with van der Waals surface area (Å²) in [6, 6.07) is 2.60. The van der Waals surface area contributed by atoms with Crippen LogP contribution in [0.15, 0.2) is 30.9 Å². The first-order chi connectivity index (χ1) is 28.3. The van der Waals surface area contributed by atoms with Gasteiger partial charge in [0.15, 0.2) is 18.2 Å². The Morgan fingerprint density at radius 1 is 1.03 bits per heavy atom. The van der Waals surface area contributed by atoms with Crippen LogP contribution in [-0.2, 0) is 44.6 Å². The molecule has 0 aromatic carbocycles. The summed E-state index contributed by atoms with van der Waals surface area (Å²) in [4.78, 5) is 69.4. The molecule has 15 nitrogen and oxygen atoms in total. The zero-order chi connectivity index (χ0) is 44.3. The summed E-state index contributed by atoms with van der Waals surface area (Å²) < 4.78 is 33.1. The molecular formula is C45H65N5O10. The molecule has 0 bridgehead atoms. The third kappa shape index (κ3) is 9.48. The Kier molecular flexibility index (Phi) is 15.0. The van der Waals surface area contributed by atoms with Gasteiger partial charge in [-0.2, -0.15) is 0 Å². The molecule has 1 amide bonds. The van der Waals surface area contributed by atoms with Crippen LogP contribution in [0.2, 0.25) is 0 Å². The molecule has 15 heteroatoms. The number of pyridine rings is 1. The standard InChI is InChI=1S/C45H65N5O10/c1-13-35-45(14-2)39(50(43(55)60-45)20-16-15-19-49-24-33(47-25-49)32-18-17-27(4)46-23-32)29(6)36(51)26(3)22-44(9,56-12)40(30(7)37(52)31(8)41(54)58-35)59-42-38(53)34(48(10)11)21-28(5)57-42/h2,17-18,23-26,28-31,34-35,38-40,42,53H,13,15-16,19-22H2,1,3-12H3/t26-,28-,29-,30+,31-,34+,35+,38-,39+,40-,42?,44+,45-/m1/s1. The maximum Gasteiger partial charge on any atom is 0.411 e. The summed E-state index contributed by atoms with van der Waals surface area (Å²) in [5.41, 5.74) is -0.522. The monoisotopic (exact) mass is 835 g/mol. The quantitative estimate of drug-likeness (QED) is 0.141. The maximum absolute atomic E-state index is 14.8. The van der Waals surface area contributed by atoms with Gasteiger partial charge >= 0.3 is 12.1 Å². The van der Waals surface area contributed by atoms with E-state index in [1.54, 1.807) is 47.1 Å². The van der Waals surface area contributed by atoms with Crippen LogP contribution < -0.4 is 0 Å². The minimum absolute atomic E-state index is 0.0800. The van der Waals surface area contributed by atoms with E-state index in [1.165, 1.54) is 18.9 Å². The first kappa shape index (κ1) is 46.9. The number of terminal acetylenes is 1. The number of carbonyl (C=O) groups excluding carboxylic acids is 4. The number of likely N-dealkylation sites (N-methyl/N-ethyl adjacent to an activating group) is 1. The molecule has 0 saturated carbocycles. The fourth-order valence-electron chi connectivity index (χ4n) is 9.37. The lowest BCUT2D eigenvalue weighted by atomic mass is 9.73. The number of unbranched alkanes of at least 4 members (excludes halogenated alkanes) is 1. The molecule has 330 valence electrons. The molecule has 3 fully saturated rings. The molecule has 1 N–H and O–H groups in total. The first-order valence-electron chi connectivity index (χ1n) is 21.2. The Morgan fingerprint density at radius 2 is 1.73 bits per heavy atom. The zero-order valence-electron chi connectivity index (χ0n) is 37.1. The highest BCUT2D eigenvalue weighted by atomic mass is 16.7. The number of Topliss-reactive ketones (excluding diaryl/α,β-unsaturated/α-hetero) is 2. The number of aliphatic hydroxyl groups excluding tert-OH is 1. The minimum atomic E-state index is -1.83. The van der Waals surface area contributed by atoms with E-state index in [0.29, 0.717) is 25.8 Å². The molecular weight excluding hydrogens is 771 g/mol. The fourth-order valence-corrected chi connectivity index (χ4v) is 9.37. The van der Waals surface area contributed by atoms with Crippen LogP contribution in [-0.4, -0.2) is 135 Å². The second-order valence-electron chi connectivity index (χ2n) is 17.5. The highest BCUT2D eigenvalue weighted by Gasteiger charge is 2.62. The smallest absolute Gasteiger partial charge is 0.411 e. The lowest BCUT2D eigenvalue weighted by Crippen LogP contribution is -2.60. The number of aryl methyl sites for hydroxylation is 2. The van der Waals surface area contributed by atoms with Crippen molar-refractivity contribution in [3.05, 3.63) is 36.5 Å². The van der Waals surface area contributed by atoms with Gasteiger partial charge in [-0.3, -0.25) is 24.3 Å². The highest BCUT2D eigenvalue weighted by Crippen LogP contribution is 2.43. The molecule has 5 rings (SSSR count). The molecule has 1 unspecified atom stereocenters. The van der Waals surface area contributed by atoms with Gasteiger partial charge in [0.2, 0.25) is 5.60 Å². The van der Waals surface area contributed by atoms with Gasteiger partial charge in [0.05, 0.1) is 35.9 Å². The summed E-state index contributed by atoms with van der Waals surface area (Å²) in [7, 11) is 5.20. The van der Waals surface area contributed by atoms with E-state index >= 15 is 0 Å². The molecule has 3 aliphatic heterocycles. The number of aliphatic hydroxyl groups is 1. The van der Waals surface area contributed by atoms with Crippen molar-refractivity contribution in [3.8, 4) is 23.6 Å². The summed E-state index contributed by atoms with van der Waals surface area (Å²) >= 11 is 0. The average Bonchev–Trinajstić information content (AvgIpc) is 3.81. The van der Waals surface area contributed by atoms with Gasteiger partial charge in [0.25, 0.3) is 0 Å². The zero-order valence-corrected chi connectivity index (χ0v) is 37.1. The third-order valence-corrected chi connectivity index (χ3v) is 12.9. The number of aromatic nitrogens is 3. The van der Waals surface area contributed by atoms with Crippen LogP contribution in [0, 0.1) is 42.9 Å². The topological polar surface area (TPSA) is 172 Å². The van der Waals surface area contributed by atoms with Crippen LogP contribution in [0.1, 0.15) is 86.3 Å². The molecule has 3 saturated heterocycles. The van der Waals surface area contributed by atoms with Crippen molar-refractivity contribution < 1.29 is 48.0 Å². The Hall–Kier alpha value is -4.20. The number of fused-ring (bicyclic) bond motifs is 1. The second-order valence-corrected chi connectivity index (χ2v) is 17.5. The van der Waals surface area contributed by atoms with Crippen LogP contribution in [0.3, 0.4) is 0 Å². The predicted molar refractivity (Wildman–Crippen MR) is 222 cm³/mol. The Labute approximate surface area is 354 Å². The minimum Gasteiger partial charge on any atom is -0.456 e. The van der Waals surface area contributed by atoms with Crippen molar-refractivity contribution >= 4 is 23.6 Å². The highest BCUT2D eigenvalue weighted by molar-refractivity contribution is 6.00. The summed E-state index contributed by atoms with van der Waals surface area (Å²) in [5, 5.41) is 11.5. The Bertz CT molecular complexity index is 1880. The van der Waals surface area contributed by atoms with Gasteiger partial charge in [-0.15, -0.1) is 6.42 Å². The van der Waals surface area contributed by atoms with E-state index in [0.717, 1.165) is 17.0 Å². The van der Waals surface area contributed by atoms with Crippen molar-refractivity contribution in [2.24, 2.45) is 23.7 Å². The van der Waals surface area contributed by atoms with E-state index < -0.39 is 83.4 Å². The summed E-state index contributed by atoms with van der Waals surface area (Å²) in [6.45, 7) is 14.7. The maximum atomic E-state index is 14.8. The number of esters is 1. The molecule has 60 heavy (non-hydrogen) atoms. The Balaban J connectivity index is 1.45. The third-order valence-electron chi connectivity index (χ3n) is 12.9. The van der Waals surface area contributed by atoms with E-state index in [1.807, 2.05) is 55.7 Å². The van der Waals surface area contributed by atoms with Gasteiger partial charge in [-0.05, 0) is 86.0 Å². The van der Waals surface area contributed by atoms with Gasteiger partial charge in [-0.1, -0.05) is 33.6 Å². The van der Waals surface area contributed by atoms with Crippen molar-refractivity contribution in [2.75, 3.05) is 27.7 Å². The van der Waals surface area contributed by atoms with Crippen LogP contribution in [0.25, 0.3) is 11.3 Å². The number of carbonyl (C=O) groups is 4. The number of hydrogen-bond donors (Lipinski definition) is 1. The van der Waals surface area contributed by atoms with E-state index in [4.69, 9.17) is 30.1 Å². The molecule has 0 aliphatic carbocycles. The van der Waals surface area contributed by atoms with Crippen LogP contribution >= 0.6 is 0 Å². The fraction of sp³-hybridized carbons (Fsp3) is 0.689. The Morgan fingerprint density at radius 3 is 2.35 bits per heavy atom. The lowest BCUT2D eigenvalue weighted by Gasteiger charge is -2.47. The number of nitrogens with zero attached hydrogens (tertiary/aromatic N) is 5. The number of amides is 1. The number of methoxy groups -OCH3 is 1. The molecule has 13 atom stereocenters. The van der Waals surface area contributed by atoms with E-state index in [-0.39, 0.29) is 37.3 Å². The van der Waals surface area contributed by atoms with E-state index in [9.17, 15) is 24.3 Å². The number of ether oxygens (including phenoxy) is 5. The van der Waals surface area contributed by atoms with Gasteiger partial charge in [-0.25, -0.2) is 9.78 Å². The molecule has 5 heterocycles. The van der Waals surface area contributed by atoms with Crippen LogP contribution in [0.4, 0.5) is 4.79 Å². The molecule has 3 aliphatic rings. The number of rotatable bonds is 11. The predicted octanol–water partition coefficient (Wildman–Crippen LogP) is 4.85. The number of imidazole rings is 1. The van der Waals surface area contributed by atoms with Gasteiger partial charge < -0.3 is 38.3 Å². The van der Waals surface area contributed by atoms with Crippen molar-refractivity contribution in [1.82, 2.24) is 24.3 Å². The molecule has 0 spiro atoms. The number of cyclic esters (lactones) is 1. The van der Waals surface area contributed by atoms with Crippen molar-refractivity contribution in [1.29, 1.82) is 0 Å². The lowest BCUT2D eigenvalue weighted by molar-refractivity contribution is -0.295. The van der Waals surface area contributed by atoms with Crippen molar-refractivity contribution in [3.63, 3.8) is 0 Å². The van der Waals surface area contributed by atoms with Gasteiger partial charge in [0, 0.05) is 67.6 Å². The molecule has 2 aromatic heterocycles.